The summed E-state index contributed by atoms with van der Waals surface area (Å²) in [6, 6.07) is 3.64. The molecule has 1 atom stereocenters. The molecule has 0 N–H and O–H groups in total. The fourth-order valence-electron chi connectivity index (χ4n) is 3.11. The summed E-state index contributed by atoms with van der Waals surface area (Å²) in [5, 5.41) is 5.25. The number of halogens is 1. The number of hydrogen-bond donors (Lipinski definition) is 0. The molecule has 0 amide bonds. The predicted molar refractivity (Wildman–Crippen MR) is 91.7 cm³/mol. The van der Waals surface area contributed by atoms with E-state index in [1.54, 1.807) is 21.5 Å². The molecule has 4 heterocycles. The summed E-state index contributed by atoms with van der Waals surface area (Å²) in [5.41, 5.74) is 1.28. The molecule has 0 saturated heterocycles. The second-order valence-corrected chi connectivity index (χ2v) is 6.75. The van der Waals surface area contributed by atoms with E-state index in [1.165, 1.54) is 0 Å². The van der Waals surface area contributed by atoms with Crippen LogP contribution in [-0.4, -0.2) is 31.2 Å². The Morgan fingerprint density at radius 1 is 1.25 bits per heavy atom. The smallest absolute Gasteiger partial charge is 0.281 e. The minimum absolute atomic E-state index is 0.0509. The number of fused-ring (bicyclic) bond motifs is 2. The van der Waals surface area contributed by atoms with Crippen molar-refractivity contribution in [2.45, 2.75) is 32.4 Å². The molecule has 7 nitrogen and oxygen atoms in total. The lowest BCUT2D eigenvalue weighted by Gasteiger charge is -2.19. The average Bonchev–Trinajstić information content (AvgIpc) is 3.12. The zero-order valence-corrected chi connectivity index (χ0v) is 14.4. The Balaban J connectivity index is 1.85. The monoisotopic (exact) mass is 344 g/mol. The SMILES string of the molecule is CC(C)c1ncc2c(=O)n3c(nn12)N(C)[C@H](c1ccc(Cl)cn1)C3. The van der Waals surface area contributed by atoms with Gasteiger partial charge in [-0.15, -0.1) is 5.10 Å². The summed E-state index contributed by atoms with van der Waals surface area (Å²) >= 11 is 5.92. The summed E-state index contributed by atoms with van der Waals surface area (Å²) < 4.78 is 3.34. The van der Waals surface area contributed by atoms with Crippen molar-refractivity contribution in [2.24, 2.45) is 0 Å². The number of rotatable bonds is 2. The highest BCUT2D eigenvalue weighted by atomic mass is 35.5. The Labute approximate surface area is 143 Å². The fourth-order valence-corrected chi connectivity index (χ4v) is 3.23. The van der Waals surface area contributed by atoms with E-state index in [2.05, 4.69) is 15.1 Å². The van der Waals surface area contributed by atoms with Crippen LogP contribution in [0.15, 0.2) is 29.3 Å². The summed E-state index contributed by atoms with van der Waals surface area (Å²) in [6.45, 7) is 4.57. The summed E-state index contributed by atoms with van der Waals surface area (Å²) in [5.74, 6) is 1.59. The first kappa shape index (κ1) is 15.1. The minimum atomic E-state index is -0.0808. The number of pyridine rings is 1. The summed E-state index contributed by atoms with van der Waals surface area (Å²) in [6.07, 6.45) is 3.22. The van der Waals surface area contributed by atoms with Crippen LogP contribution < -0.4 is 10.5 Å². The van der Waals surface area contributed by atoms with Gasteiger partial charge in [-0.25, -0.2) is 9.50 Å². The molecule has 3 aromatic rings. The van der Waals surface area contributed by atoms with Gasteiger partial charge in [-0.05, 0) is 12.1 Å². The maximum Gasteiger partial charge on any atom is 0.281 e. The van der Waals surface area contributed by atoms with E-state index in [4.69, 9.17) is 11.6 Å². The highest BCUT2D eigenvalue weighted by Gasteiger charge is 2.32. The van der Waals surface area contributed by atoms with E-state index in [1.807, 2.05) is 37.9 Å². The quantitative estimate of drug-likeness (QED) is 0.713. The fraction of sp³-hybridized carbons (Fsp3) is 0.375. The van der Waals surface area contributed by atoms with Crippen LogP contribution >= 0.6 is 11.6 Å². The van der Waals surface area contributed by atoms with Crippen LogP contribution in [0, 0.1) is 0 Å². The van der Waals surface area contributed by atoms with Gasteiger partial charge in [-0.2, -0.15) is 0 Å². The molecule has 0 saturated carbocycles. The molecule has 0 spiro atoms. The van der Waals surface area contributed by atoms with Crippen molar-refractivity contribution in [3.8, 4) is 0 Å². The van der Waals surface area contributed by atoms with Gasteiger partial charge in [-0.1, -0.05) is 25.4 Å². The first-order valence-corrected chi connectivity index (χ1v) is 8.18. The Morgan fingerprint density at radius 3 is 2.71 bits per heavy atom. The topological polar surface area (TPSA) is 68.3 Å². The van der Waals surface area contributed by atoms with Crippen LogP contribution in [0.3, 0.4) is 0 Å². The van der Waals surface area contributed by atoms with Crippen LogP contribution in [0.25, 0.3) is 5.52 Å². The minimum Gasteiger partial charge on any atom is -0.334 e. The van der Waals surface area contributed by atoms with Crippen LogP contribution in [0.2, 0.25) is 5.02 Å². The first-order valence-electron chi connectivity index (χ1n) is 7.80. The number of imidazole rings is 1. The highest BCUT2D eigenvalue weighted by Crippen LogP contribution is 2.31. The molecule has 4 rings (SSSR count). The van der Waals surface area contributed by atoms with Gasteiger partial charge in [0.05, 0.1) is 29.5 Å². The Bertz CT molecular complexity index is 975. The zero-order chi connectivity index (χ0) is 17.0. The van der Waals surface area contributed by atoms with E-state index in [9.17, 15) is 4.79 Å². The molecule has 124 valence electrons. The maximum absolute atomic E-state index is 12.8. The van der Waals surface area contributed by atoms with E-state index in [0.29, 0.717) is 23.0 Å². The number of likely N-dealkylation sites (N-methyl/N-ethyl adjacent to an activating group) is 1. The largest absolute Gasteiger partial charge is 0.334 e. The molecule has 0 bridgehead atoms. The lowest BCUT2D eigenvalue weighted by Crippen LogP contribution is -2.24. The number of hydrogen-bond acceptors (Lipinski definition) is 5. The lowest BCUT2D eigenvalue weighted by molar-refractivity contribution is 0.613. The van der Waals surface area contributed by atoms with Crippen LogP contribution in [0.4, 0.5) is 5.95 Å². The van der Waals surface area contributed by atoms with Crippen LogP contribution in [-0.2, 0) is 6.54 Å². The van der Waals surface area contributed by atoms with Gasteiger partial charge >= 0.3 is 0 Å². The molecule has 1 aliphatic heterocycles. The normalized spacial score (nSPS) is 17.0. The molecule has 0 radical (unpaired) electrons. The van der Waals surface area contributed by atoms with Crippen molar-refractivity contribution in [1.29, 1.82) is 0 Å². The van der Waals surface area contributed by atoms with Gasteiger partial charge < -0.3 is 4.90 Å². The van der Waals surface area contributed by atoms with Gasteiger partial charge in [-0.3, -0.25) is 14.3 Å². The average molecular weight is 345 g/mol. The third kappa shape index (κ3) is 2.11. The molecule has 1 aliphatic rings. The Hall–Kier alpha value is -2.41. The van der Waals surface area contributed by atoms with Crippen molar-refractivity contribution in [2.75, 3.05) is 11.9 Å². The predicted octanol–water partition coefficient (Wildman–Crippen LogP) is 2.25. The van der Waals surface area contributed by atoms with Gasteiger partial charge in [0, 0.05) is 19.2 Å². The molecule has 8 heteroatoms. The number of nitrogens with zero attached hydrogens (tertiary/aromatic N) is 6. The standard InChI is InChI=1S/C16H17ClN6O/c1-9(2)14-19-7-12-15(24)22-8-13(11-5-4-10(17)6-18-11)21(3)16(22)20-23(12)14/h4-7,9,13H,8H2,1-3H3/t13-/m0/s1. The van der Waals surface area contributed by atoms with Gasteiger partial charge in [0.25, 0.3) is 5.56 Å². The zero-order valence-electron chi connectivity index (χ0n) is 13.6. The Morgan fingerprint density at radius 2 is 2.04 bits per heavy atom. The van der Waals surface area contributed by atoms with Crippen molar-refractivity contribution in [3.63, 3.8) is 0 Å². The second-order valence-electron chi connectivity index (χ2n) is 6.31. The van der Waals surface area contributed by atoms with E-state index in [0.717, 1.165) is 11.5 Å². The highest BCUT2D eigenvalue weighted by molar-refractivity contribution is 6.30. The van der Waals surface area contributed by atoms with Gasteiger partial charge in [0.15, 0.2) is 5.52 Å². The van der Waals surface area contributed by atoms with Gasteiger partial charge in [0.2, 0.25) is 5.95 Å². The van der Waals surface area contributed by atoms with Crippen LogP contribution in [0.1, 0.15) is 37.3 Å². The first-order chi connectivity index (χ1) is 11.5. The van der Waals surface area contributed by atoms with Crippen molar-refractivity contribution < 1.29 is 0 Å². The van der Waals surface area contributed by atoms with Crippen molar-refractivity contribution in [3.05, 3.63) is 51.4 Å². The third-order valence-corrected chi connectivity index (χ3v) is 4.63. The number of anilines is 1. The van der Waals surface area contributed by atoms with Crippen molar-refractivity contribution >= 4 is 23.1 Å². The third-order valence-electron chi connectivity index (χ3n) is 4.41. The molecule has 0 aromatic carbocycles. The number of aromatic nitrogens is 5. The summed E-state index contributed by atoms with van der Waals surface area (Å²) in [7, 11) is 1.92. The van der Waals surface area contributed by atoms with Crippen LogP contribution in [0.5, 0.6) is 0 Å². The molecular formula is C16H17ClN6O. The van der Waals surface area contributed by atoms with E-state index in [-0.39, 0.29) is 17.5 Å². The lowest BCUT2D eigenvalue weighted by atomic mass is 10.2. The molecule has 24 heavy (non-hydrogen) atoms. The van der Waals surface area contributed by atoms with E-state index < -0.39 is 0 Å². The molecule has 0 unspecified atom stereocenters. The Kier molecular flexibility index (Phi) is 3.35. The molecular weight excluding hydrogens is 328 g/mol. The second kappa shape index (κ2) is 5.31. The molecule has 0 fully saturated rings. The van der Waals surface area contributed by atoms with Crippen molar-refractivity contribution in [1.82, 2.24) is 24.1 Å². The maximum atomic E-state index is 12.8. The summed E-state index contributed by atoms with van der Waals surface area (Å²) in [4.78, 5) is 23.5. The molecule has 3 aromatic heterocycles. The molecule has 0 aliphatic carbocycles. The van der Waals surface area contributed by atoms with E-state index >= 15 is 0 Å². The van der Waals surface area contributed by atoms with Gasteiger partial charge in [0.1, 0.15) is 5.82 Å².